The lowest BCUT2D eigenvalue weighted by Crippen LogP contribution is -2.33. The molecule has 0 aliphatic carbocycles. The maximum Gasteiger partial charge on any atom is 0.223 e. The highest BCUT2D eigenvalue weighted by molar-refractivity contribution is 6.30. The van der Waals surface area contributed by atoms with Crippen molar-refractivity contribution in [3.8, 4) is 0 Å². The molecule has 0 aliphatic rings. The number of tetrazole rings is 1. The highest BCUT2D eigenvalue weighted by atomic mass is 35.5. The van der Waals surface area contributed by atoms with E-state index in [4.69, 9.17) is 11.6 Å². The molecule has 1 aromatic carbocycles. The van der Waals surface area contributed by atoms with Crippen LogP contribution in [0.5, 0.6) is 0 Å². The first-order valence-electron chi connectivity index (χ1n) is 6.61. The summed E-state index contributed by atoms with van der Waals surface area (Å²) in [5.41, 5.74) is 0.530. The number of nitrogens with zero attached hydrogens (tertiary/aromatic N) is 4. The zero-order valence-electron chi connectivity index (χ0n) is 12.3. The summed E-state index contributed by atoms with van der Waals surface area (Å²) in [5.74, 6) is 0.553. The van der Waals surface area contributed by atoms with E-state index in [1.54, 1.807) is 11.9 Å². The topological polar surface area (TPSA) is 74.8 Å². The lowest BCUT2D eigenvalue weighted by molar-refractivity contribution is -0.131. The molecule has 2 aromatic rings. The van der Waals surface area contributed by atoms with Gasteiger partial charge >= 0.3 is 0 Å². The summed E-state index contributed by atoms with van der Waals surface area (Å²) in [5, 5.41) is 14.5. The first kappa shape index (κ1) is 15.4. The van der Waals surface area contributed by atoms with Crippen LogP contribution in [0.4, 0.5) is 0 Å². The molecule has 0 saturated heterocycles. The van der Waals surface area contributed by atoms with Gasteiger partial charge in [-0.2, -0.15) is 5.21 Å². The Balaban J connectivity index is 2.00. The van der Waals surface area contributed by atoms with Crippen molar-refractivity contribution >= 4 is 17.5 Å². The summed E-state index contributed by atoms with van der Waals surface area (Å²) in [6, 6.07) is 7.49. The van der Waals surface area contributed by atoms with Crippen LogP contribution in [0, 0.1) is 0 Å². The number of carbonyl (C=O) groups is 1. The third-order valence-electron chi connectivity index (χ3n) is 3.28. The lowest BCUT2D eigenvalue weighted by atomic mass is 9.88. The van der Waals surface area contributed by atoms with Gasteiger partial charge in [-0.25, -0.2) is 0 Å². The number of aromatic nitrogens is 4. The molecule has 0 spiro atoms. The Hall–Kier alpha value is -1.95. The summed E-state index contributed by atoms with van der Waals surface area (Å²) >= 11 is 5.95. The summed E-state index contributed by atoms with van der Waals surface area (Å²) in [6.07, 6.45) is 0.309. The van der Waals surface area contributed by atoms with Gasteiger partial charge < -0.3 is 4.90 Å². The van der Waals surface area contributed by atoms with Gasteiger partial charge in [0.2, 0.25) is 5.91 Å². The second kappa shape index (κ2) is 6.22. The molecule has 1 aromatic heterocycles. The molecule has 0 atom stereocenters. The van der Waals surface area contributed by atoms with Crippen molar-refractivity contribution in [2.24, 2.45) is 0 Å². The number of aromatic amines is 1. The van der Waals surface area contributed by atoms with E-state index < -0.39 is 5.41 Å². The number of benzene rings is 1. The standard InChI is InChI=1S/C14H18ClN5O/c1-14(2,13-16-18-19-17-13)8-12(21)20(3)9-10-5-4-6-11(15)7-10/h4-7H,8-9H2,1-3H3,(H,16,17,18,19). The van der Waals surface area contributed by atoms with E-state index in [-0.39, 0.29) is 5.91 Å². The number of hydrogen-bond donors (Lipinski definition) is 1. The van der Waals surface area contributed by atoms with Crippen molar-refractivity contribution in [1.29, 1.82) is 0 Å². The fraction of sp³-hybridized carbons (Fsp3) is 0.429. The average molecular weight is 308 g/mol. The number of H-pyrrole nitrogens is 1. The van der Waals surface area contributed by atoms with Gasteiger partial charge in [-0.3, -0.25) is 4.79 Å². The van der Waals surface area contributed by atoms with Crippen LogP contribution < -0.4 is 0 Å². The van der Waals surface area contributed by atoms with Crippen molar-refractivity contribution in [3.05, 3.63) is 40.7 Å². The summed E-state index contributed by atoms with van der Waals surface area (Å²) in [4.78, 5) is 14.0. The van der Waals surface area contributed by atoms with Crippen LogP contribution in [-0.4, -0.2) is 38.5 Å². The highest BCUT2D eigenvalue weighted by Crippen LogP contribution is 2.24. The van der Waals surface area contributed by atoms with Gasteiger partial charge in [-0.1, -0.05) is 42.8 Å². The number of amides is 1. The van der Waals surface area contributed by atoms with Crippen LogP contribution in [0.15, 0.2) is 24.3 Å². The maximum atomic E-state index is 12.3. The minimum absolute atomic E-state index is 0.0183. The number of nitrogens with one attached hydrogen (secondary N) is 1. The molecule has 6 nitrogen and oxygen atoms in total. The van der Waals surface area contributed by atoms with Gasteiger partial charge in [-0.15, -0.1) is 10.2 Å². The number of rotatable bonds is 5. The van der Waals surface area contributed by atoms with E-state index in [9.17, 15) is 4.79 Å². The van der Waals surface area contributed by atoms with E-state index in [1.165, 1.54) is 0 Å². The zero-order valence-corrected chi connectivity index (χ0v) is 13.1. The molecule has 0 bridgehead atoms. The van der Waals surface area contributed by atoms with Gasteiger partial charge in [0.1, 0.15) is 0 Å². The van der Waals surface area contributed by atoms with Crippen LogP contribution in [0.25, 0.3) is 0 Å². The second-order valence-electron chi connectivity index (χ2n) is 5.68. The molecule has 1 heterocycles. The Morgan fingerprint density at radius 1 is 1.43 bits per heavy atom. The van der Waals surface area contributed by atoms with Gasteiger partial charge in [0.25, 0.3) is 0 Å². The Labute approximate surface area is 128 Å². The monoisotopic (exact) mass is 307 g/mol. The molecule has 112 valence electrons. The van der Waals surface area contributed by atoms with Gasteiger partial charge in [-0.05, 0) is 17.7 Å². The van der Waals surface area contributed by atoms with Crippen LogP contribution in [0.1, 0.15) is 31.7 Å². The second-order valence-corrected chi connectivity index (χ2v) is 6.11. The molecule has 0 radical (unpaired) electrons. The van der Waals surface area contributed by atoms with Crippen molar-refractivity contribution in [2.45, 2.75) is 32.2 Å². The SMILES string of the molecule is CN(Cc1cccc(Cl)c1)C(=O)CC(C)(C)c1nn[nH]n1. The number of carbonyl (C=O) groups excluding carboxylic acids is 1. The predicted molar refractivity (Wildman–Crippen MR) is 79.7 cm³/mol. The fourth-order valence-corrected chi connectivity index (χ4v) is 2.25. The van der Waals surface area contributed by atoms with Crippen molar-refractivity contribution in [1.82, 2.24) is 25.5 Å². The molecule has 1 amide bonds. The normalized spacial score (nSPS) is 11.4. The maximum absolute atomic E-state index is 12.3. The van der Waals surface area contributed by atoms with Crippen LogP contribution in [-0.2, 0) is 16.8 Å². The Kier molecular flexibility index (Phi) is 4.57. The molecule has 0 unspecified atom stereocenters. The molecule has 2 rings (SSSR count). The van der Waals surface area contributed by atoms with E-state index in [0.29, 0.717) is 23.8 Å². The third-order valence-corrected chi connectivity index (χ3v) is 3.51. The molecule has 1 N–H and O–H groups in total. The van der Waals surface area contributed by atoms with Gasteiger partial charge in [0.15, 0.2) is 5.82 Å². The molecule has 21 heavy (non-hydrogen) atoms. The van der Waals surface area contributed by atoms with Crippen LogP contribution in [0.2, 0.25) is 5.02 Å². The largest absolute Gasteiger partial charge is 0.341 e. The lowest BCUT2D eigenvalue weighted by Gasteiger charge is -2.24. The fourth-order valence-electron chi connectivity index (χ4n) is 2.04. The first-order chi connectivity index (χ1) is 9.88. The van der Waals surface area contributed by atoms with Gasteiger partial charge in [0, 0.05) is 30.5 Å². The third kappa shape index (κ3) is 4.01. The molecule has 0 saturated carbocycles. The molecule has 0 aliphatic heterocycles. The quantitative estimate of drug-likeness (QED) is 0.918. The van der Waals surface area contributed by atoms with Crippen LogP contribution in [0.3, 0.4) is 0 Å². The van der Waals surface area contributed by atoms with Crippen molar-refractivity contribution in [3.63, 3.8) is 0 Å². The summed E-state index contributed by atoms with van der Waals surface area (Å²) < 4.78 is 0. The summed E-state index contributed by atoms with van der Waals surface area (Å²) in [7, 11) is 1.77. The smallest absolute Gasteiger partial charge is 0.223 e. The minimum Gasteiger partial charge on any atom is -0.341 e. The van der Waals surface area contributed by atoms with E-state index in [2.05, 4.69) is 20.6 Å². The van der Waals surface area contributed by atoms with E-state index >= 15 is 0 Å². The average Bonchev–Trinajstić information content (AvgIpc) is 2.92. The minimum atomic E-state index is -0.466. The van der Waals surface area contributed by atoms with E-state index in [0.717, 1.165) is 5.56 Å². The molecular weight excluding hydrogens is 290 g/mol. The first-order valence-corrected chi connectivity index (χ1v) is 6.98. The Morgan fingerprint density at radius 2 is 2.19 bits per heavy atom. The predicted octanol–water partition coefficient (Wildman–Crippen LogP) is 2.18. The Morgan fingerprint density at radius 3 is 2.81 bits per heavy atom. The number of hydrogen-bond acceptors (Lipinski definition) is 4. The molecular formula is C14H18ClN5O. The van der Waals surface area contributed by atoms with Crippen molar-refractivity contribution in [2.75, 3.05) is 7.05 Å². The molecule has 7 heteroatoms. The highest BCUT2D eigenvalue weighted by Gasteiger charge is 2.29. The van der Waals surface area contributed by atoms with Gasteiger partial charge in [0.05, 0.1) is 0 Å². The zero-order chi connectivity index (χ0) is 15.5. The molecule has 0 fully saturated rings. The Bertz CT molecular complexity index is 612. The van der Waals surface area contributed by atoms with E-state index in [1.807, 2.05) is 38.1 Å². The summed E-state index contributed by atoms with van der Waals surface area (Å²) in [6.45, 7) is 4.35. The van der Waals surface area contributed by atoms with Crippen LogP contribution >= 0.6 is 11.6 Å². The van der Waals surface area contributed by atoms with Crippen molar-refractivity contribution < 1.29 is 4.79 Å². The number of halogens is 1.